The number of aliphatic hydroxyl groups excluding tert-OH is 1. The molecule has 1 aromatic rings. The van der Waals surface area contributed by atoms with Crippen LogP contribution in [0, 0.1) is 5.92 Å². The molecule has 2 unspecified atom stereocenters. The molecular formula is C16H23N5O3. The number of anilines is 2. The van der Waals surface area contributed by atoms with Gasteiger partial charge in [0.05, 0.1) is 18.3 Å². The molecule has 0 aromatic carbocycles. The predicted octanol–water partition coefficient (Wildman–Crippen LogP) is 0.660. The molecule has 2 atom stereocenters. The Balaban J connectivity index is 2.30. The zero-order chi connectivity index (χ0) is 17.7. The number of hydrogen-bond donors (Lipinski definition) is 4. The summed E-state index contributed by atoms with van der Waals surface area (Å²) >= 11 is 0. The van der Waals surface area contributed by atoms with Gasteiger partial charge in [0.15, 0.2) is 0 Å². The summed E-state index contributed by atoms with van der Waals surface area (Å²) in [5.74, 6) is 0.474. The van der Waals surface area contributed by atoms with Crippen molar-refractivity contribution >= 4 is 23.1 Å². The number of nitrogens with zero attached hydrogens (tertiary/aromatic N) is 2. The lowest BCUT2D eigenvalue weighted by molar-refractivity contribution is -0.111. The maximum atomic E-state index is 11.8. The molecule has 8 nitrogen and oxygen atoms in total. The number of amides is 1. The Kier molecular flexibility index (Phi) is 5.88. The molecule has 0 aliphatic carbocycles. The largest absolute Gasteiger partial charge is 0.398 e. The van der Waals surface area contributed by atoms with E-state index in [9.17, 15) is 9.90 Å². The van der Waals surface area contributed by atoms with E-state index in [-0.39, 0.29) is 30.4 Å². The number of allylic oxidation sites excluding steroid dienone is 2. The zero-order valence-electron chi connectivity index (χ0n) is 13.8. The second-order valence-electron chi connectivity index (χ2n) is 5.81. The molecule has 6 N–H and O–H groups in total. The number of methoxy groups -OCH3 is 1. The van der Waals surface area contributed by atoms with Crippen molar-refractivity contribution < 1.29 is 14.6 Å². The van der Waals surface area contributed by atoms with Gasteiger partial charge in [-0.25, -0.2) is 9.97 Å². The SMILES string of the molecule is COC(CO)CC(C)C/C=C1/C(N)=CC(=O)Nc2ncnc(N)c21. The fourth-order valence-electron chi connectivity index (χ4n) is 2.60. The van der Waals surface area contributed by atoms with E-state index in [4.69, 9.17) is 16.2 Å². The third-order valence-electron chi connectivity index (χ3n) is 3.91. The van der Waals surface area contributed by atoms with Crippen LogP contribution in [0.4, 0.5) is 11.6 Å². The number of rotatable bonds is 6. The summed E-state index contributed by atoms with van der Waals surface area (Å²) in [7, 11) is 1.57. The van der Waals surface area contributed by atoms with Crippen LogP contribution in [-0.2, 0) is 9.53 Å². The third kappa shape index (κ3) is 4.09. The number of fused-ring (bicyclic) bond motifs is 1. The van der Waals surface area contributed by atoms with Crippen molar-refractivity contribution in [3.63, 3.8) is 0 Å². The topological polar surface area (TPSA) is 136 Å². The van der Waals surface area contributed by atoms with Gasteiger partial charge in [-0.15, -0.1) is 0 Å². The number of nitrogens with one attached hydrogen (secondary N) is 1. The summed E-state index contributed by atoms with van der Waals surface area (Å²) in [4.78, 5) is 19.9. The minimum atomic E-state index is -0.358. The monoisotopic (exact) mass is 333 g/mol. The summed E-state index contributed by atoms with van der Waals surface area (Å²) < 4.78 is 5.19. The molecule has 0 saturated heterocycles. The summed E-state index contributed by atoms with van der Waals surface area (Å²) in [6.45, 7) is 2.02. The summed E-state index contributed by atoms with van der Waals surface area (Å²) in [6.07, 6.45) is 5.68. The van der Waals surface area contributed by atoms with Gasteiger partial charge in [0, 0.05) is 24.5 Å². The minimum absolute atomic E-state index is 0.0263. The Hall–Kier alpha value is -2.45. The summed E-state index contributed by atoms with van der Waals surface area (Å²) in [5, 5.41) is 11.9. The molecule has 8 heteroatoms. The first-order valence-electron chi connectivity index (χ1n) is 7.69. The second-order valence-corrected chi connectivity index (χ2v) is 5.81. The fraction of sp³-hybridized carbons (Fsp3) is 0.438. The highest BCUT2D eigenvalue weighted by molar-refractivity contribution is 6.07. The van der Waals surface area contributed by atoms with Gasteiger partial charge in [0.2, 0.25) is 0 Å². The van der Waals surface area contributed by atoms with Crippen LogP contribution in [-0.4, -0.2) is 40.8 Å². The average Bonchev–Trinajstić information content (AvgIpc) is 2.66. The molecule has 0 saturated carbocycles. The van der Waals surface area contributed by atoms with Gasteiger partial charge in [-0.2, -0.15) is 0 Å². The van der Waals surface area contributed by atoms with Crippen LogP contribution in [0.15, 0.2) is 24.2 Å². The van der Waals surface area contributed by atoms with Crippen molar-refractivity contribution in [2.75, 3.05) is 24.8 Å². The van der Waals surface area contributed by atoms with Gasteiger partial charge >= 0.3 is 0 Å². The van der Waals surface area contributed by atoms with Crippen molar-refractivity contribution in [2.24, 2.45) is 11.7 Å². The lowest BCUT2D eigenvalue weighted by atomic mass is 9.96. The number of nitrogens with two attached hydrogens (primary N) is 2. The van der Waals surface area contributed by atoms with E-state index in [1.807, 2.05) is 13.0 Å². The van der Waals surface area contributed by atoms with E-state index in [0.29, 0.717) is 35.5 Å². The van der Waals surface area contributed by atoms with Crippen molar-refractivity contribution in [1.29, 1.82) is 0 Å². The highest BCUT2D eigenvalue weighted by Crippen LogP contribution is 2.33. The highest BCUT2D eigenvalue weighted by Gasteiger charge is 2.22. The average molecular weight is 333 g/mol. The number of ether oxygens (including phenoxy) is 1. The molecule has 2 heterocycles. The molecular weight excluding hydrogens is 310 g/mol. The number of carbonyl (C=O) groups excluding carboxylic acids is 1. The zero-order valence-corrected chi connectivity index (χ0v) is 13.8. The normalized spacial score (nSPS) is 18.4. The van der Waals surface area contributed by atoms with Gasteiger partial charge in [-0.05, 0) is 18.8 Å². The van der Waals surface area contributed by atoms with Gasteiger partial charge in [-0.1, -0.05) is 13.0 Å². The molecule has 0 fully saturated rings. The Labute approximate surface area is 140 Å². The van der Waals surface area contributed by atoms with Crippen LogP contribution in [0.2, 0.25) is 0 Å². The minimum Gasteiger partial charge on any atom is -0.398 e. The van der Waals surface area contributed by atoms with E-state index >= 15 is 0 Å². The van der Waals surface area contributed by atoms with E-state index < -0.39 is 0 Å². The maximum absolute atomic E-state index is 11.8. The Morgan fingerprint density at radius 3 is 2.83 bits per heavy atom. The molecule has 130 valence electrons. The maximum Gasteiger partial charge on any atom is 0.251 e. The van der Waals surface area contributed by atoms with Crippen molar-refractivity contribution in [3.05, 3.63) is 29.7 Å². The molecule has 2 rings (SSSR count). The molecule has 0 spiro atoms. The standard InChI is InChI=1S/C16H23N5O3/c1-9(5-10(7-22)24-2)3-4-11-12(17)6-13(23)21-16-14(11)15(18)19-8-20-16/h4,6,8-10,22H,3,5,7,17H2,1-2H3,(H3,18,19,20,21,23)/b11-4-. The number of nitrogen functional groups attached to an aromatic ring is 1. The van der Waals surface area contributed by atoms with Crippen LogP contribution in [0.25, 0.3) is 5.57 Å². The molecule has 0 bridgehead atoms. The molecule has 1 amide bonds. The number of aliphatic hydroxyl groups is 1. The third-order valence-corrected chi connectivity index (χ3v) is 3.91. The lowest BCUT2D eigenvalue weighted by Crippen LogP contribution is -2.18. The first-order valence-corrected chi connectivity index (χ1v) is 7.69. The van der Waals surface area contributed by atoms with Crippen LogP contribution < -0.4 is 16.8 Å². The smallest absolute Gasteiger partial charge is 0.251 e. The predicted molar refractivity (Wildman–Crippen MR) is 91.6 cm³/mol. The molecule has 0 radical (unpaired) electrons. The molecule has 24 heavy (non-hydrogen) atoms. The quantitative estimate of drug-likeness (QED) is 0.600. The van der Waals surface area contributed by atoms with Crippen molar-refractivity contribution in [2.45, 2.75) is 25.9 Å². The number of carbonyl (C=O) groups is 1. The molecule has 1 aliphatic rings. The van der Waals surface area contributed by atoms with E-state index in [0.717, 1.165) is 0 Å². The fourth-order valence-corrected chi connectivity index (χ4v) is 2.60. The van der Waals surface area contributed by atoms with Gasteiger partial charge in [0.1, 0.15) is 18.0 Å². The number of aromatic nitrogens is 2. The lowest BCUT2D eigenvalue weighted by Gasteiger charge is -2.17. The Morgan fingerprint density at radius 1 is 1.42 bits per heavy atom. The highest BCUT2D eigenvalue weighted by atomic mass is 16.5. The Bertz CT molecular complexity index is 668. The summed E-state index contributed by atoms with van der Waals surface area (Å²) in [6, 6.07) is 0. The Morgan fingerprint density at radius 2 is 2.17 bits per heavy atom. The number of hydrogen-bond acceptors (Lipinski definition) is 7. The van der Waals surface area contributed by atoms with E-state index in [2.05, 4.69) is 15.3 Å². The first kappa shape index (κ1) is 17.9. The molecule has 1 aromatic heterocycles. The van der Waals surface area contributed by atoms with Gasteiger partial charge in [0.25, 0.3) is 5.91 Å². The van der Waals surface area contributed by atoms with Crippen LogP contribution in [0.1, 0.15) is 25.3 Å². The second kappa shape index (κ2) is 7.89. The molecule has 1 aliphatic heterocycles. The van der Waals surface area contributed by atoms with Gasteiger partial charge in [-0.3, -0.25) is 4.79 Å². The van der Waals surface area contributed by atoms with Crippen molar-refractivity contribution in [3.8, 4) is 0 Å². The van der Waals surface area contributed by atoms with E-state index in [1.54, 1.807) is 7.11 Å². The van der Waals surface area contributed by atoms with Crippen LogP contribution in [0.3, 0.4) is 0 Å². The first-order chi connectivity index (χ1) is 11.5. The van der Waals surface area contributed by atoms with Crippen molar-refractivity contribution in [1.82, 2.24) is 9.97 Å². The summed E-state index contributed by atoms with van der Waals surface area (Å²) in [5.41, 5.74) is 13.5. The van der Waals surface area contributed by atoms with E-state index in [1.165, 1.54) is 12.4 Å². The van der Waals surface area contributed by atoms with Crippen LogP contribution >= 0.6 is 0 Å². The van der Waals surface area contributed by atoms with Crippen LogP contribution in [0.5, 0.6) is 0 Å². The van der Waals surface area contributed by atoms with Gasteiger partial charge < -0.3 is 26.6 Å².